The summed E-state index contributed by atoms with van der Waals surface area (Å²) >= 11 is 0. The average Bonchev–Trinajstić information content (AvgIpc) is 2.96. The summed E-state index contributed by atoms with van der Waals surface area (Å²) in [6, 6.07) is 7.33. The summed E-state index contributed by atoms with van der Waals surface area (Å²) in [6.07, 6.45) is 14.8. The Morgan fingerprint density at radius 3 is 2.58 bits per heavy atom. The van der Waals surface area contributed by atoms with Gasteiger partial charge in [-0.05, 0) is 84.6 Å². The van der Waals surface area contributed by atoms with Gasteiger partial charge in [-0.2, -0.15) is 0 Å². The molecule has 0 radical (unpaired) electrons. The Labute approximate surface area is 148 Å². The fourth-order valence-electron chi connectivity index (χ4n) is 5.43. The predicted molar refractivity (Wildman–Crippen MR) is 104 cm³/mol. The highest BCUT2D eigenvalue weighted by atomic mass is 14.3. The Morgan fingerprint density at radius 1 is 1.00 bits per heavy atom. The molecule has 3 aliphatic carbocycles. The van der Waals surface area contributed by atoms with Crippen molar-refractivity contribution in [1.29, 1.82) is 0 Å². The number of rotatable bonds is 2. The molecule has 0 atom stereocenters. The molecular weight excluding hydrogens is 288 g/mol. The molecule has 4 rings (SSSR count). The van der Waals surface area contributed by atoms with Crippen molar-refractivity contribution in [1.82, 2.24) is 0 Å². The van der Waals surface area contributed by atoms with Crippen LogP contribution in [0.1, 0.15) is 88.8 Å². The van der Waals surface area contributed by atoms with Gasteiger partial charge in [-0.15, -0.1) is 0 Å². The van der Waals surface area contributed by atoms with Crippen molar-refractivity contribution in [3.63, 3.8) is 0 Å². The number of allylic oxidation sites excluding steroid dienone is 4. The Kier molecular flexibility index (Phi) is 4.19. The maximum absolute atomic E-state index is 2.51. The van der Waals surface area contributed by atoms with E-state index in [0.29, 0.717) is 5.41 Å². The van der Waals surface area contributed by atoms with E-state index < -0.39 is 0 Å². The van der Waals surface area contributed by atoms with Gasteiger partial charge in [-0.3, -0.25) is 0 Å². The first-order chi connectivity index (χ1) is 11.6. The van der Waals surface area contributed by atoms with Crippen molar-refractivity contribution in [2.75, 3.05) is 0 Å². The lowest BCUT2D eigenvalue weighted by Crippen LogP contribution is -2.23. The van der Waals surface area contributed by atoms with Crippen LogP contribution in [0.3, 0.4) is 0 Å². The van der Waals surface area contributed by atoms with Gasteiger partial charge >= 0.3 is 0 Å². The molecule has 0 aromatic heterocycles. The second kappa shape index (κ2) is 6.21. The van der Waals surface area contributed by atoms with E-state index in [1.807, 2.05) is 0 Å². The van der Waals surface area contributed by atoms with E-state index in [4.69, 9.17) is 0 Å². The third-order valence-electron chi connectivity index (χ3n) is 6.90. The molecule has 1 aromatic rings. The lowest BCUT2D eigenvalue weighted by molar-refractivity contribution is 0.398. The van der Waals surface area contributed by atoms with Crippen molar-refractivity contribution >= 4 is 5.57 Å². The standard InChI is InChI=1S/C24H32/c1-17-21(18-8-5-4-6-9-18)12-13-22(17)19-11-14-23-20(16-19)10-7-15-24(23,2)3/h11,13-14,16,18H,4-10,12,15H2,1-3H3. The molecule has 0 unspecified atom stereocenters. The quantitative estimate of drug-likeness (QED) is 0.551. The third-order valence-corrected chi connectivity index (χ3v) is 6.90. The largest absolute Gasteiger partial charge is 0.0723 e. The smallest absolute Gasteiger partial charge is 0.0101 e. The minimum atomic E-state index is 0.355. The van der Waals surface area contributed by atoms with Crippen LogP contribution in [0.2, 0.25) is 0 Å². The topological polar surface area (TPSA) is 0 Å². The molecule has 24 heavy (non-hydrogen) atoms. The summed E-state index contributed by atoms with van der Waals surface area (Å²) in [7, 11) is 0. The molecule has 1 saturated carbocycles. The van der Waals surface area contributed by atoms with Gasteiger partial charge in [0.15, 0.2) is 0 Å². The van der Waals surface area contributed by atoms with Crippen LogP contribution in [0.5, 0.6) is 0 Å². The minimum absolute atomic E-state index is 0.355. The molecule has 128 valence electrons. The molecule has 0 heteroatoms. The van der Waals surface area contributed by atoms with Gasteiger partial charge in [-0.1, -0.05) is 63.0 Å². The van der Waals surface area contributed by atoms with Crippen LogP contribution < -0.4 is 0 Å². The minimum Gasteiger partial charge on any atom is -0.0723 e. The Balaban J connectivity index is 1.64. The molecule has 0 saturated heterocycles. The van der Waals surface area contributed by atoms with Gasteiger partial charge in [-0.25, -0.2) is 0 Å². The highest BCUT2D eigenvalue weighted by Crippen LogP contribution is 2.43. The number of hydrogen-bond acceptors (Lipinski definition) is 0. The second-order valence-corrected chi connectivity index (χ2v) is 8.92. The van der Waals surface area contributed by atoms with Crippen LogP contribution in [-0.4, -0.2) is 0 Å². The van der Waals surface area contributed by atoms with Gasteiger partial charge in [0.1, 0.15) is 0 Å². The number of benzene rings is 1. The van der Waals surface area contributed by atoms with Crippen LogP contribution in [0.4, 0.5) is 0 Å². The van der Waals surface area contributed by atoms with Crippen LogP contribution in [0.15, 0.2) is 35.4 Å². The molecular formula is C24H32. The predicted octanol–water partition coefficient (Wildman–Crippen LogP) is 6.98. The maximum atomic E-state index is 2.51. The van der Waals surface area contributed by atoms with Crippen LogP contribution in [-0.2, 0) is 11.8 Å². The van der Waals surface area contributed by atoms with E-state index in [-0.39, 0.29) is 0 Å². The average molecular weight is 321 g/mol. The first-order valence-electron chi connectivity index (χ1n) is 10.1. The molecule has 1 fully saturated rings. The van der Waals surface area contributed by atoms with Crippen molar-refractivity contribution in [3.05, 3.63) is 52.1 Å². The zero-order valence-electron chi connectivity index (χ0n) is 15.8. The summed E-state index contributed by atoms with van der Waals surface area (Å²) in [5, 5.41) is 0. The molecule has 0 heterocycles. The van der Waals surface area contributed by atoms with E-state index in [1.54, 1.807) is 22.3 Å². The zero-order valence-corrected chi connectivity index (χ0v) is 15.8. The normalized spacial score (nSPS) is 24.0. The lowest BCUT2D eigenvalue weighted by atomic mass is 9.72. The SMILES string of the molecule is CC1=C(C2CCCCC2)CC=C1c1ccc2c(c1)CCCC2(C)C. The van der Waals surface area contributed by atoms with Gasteiger partial charge in [0.05, 0.1) is 0 Å². The molecule has 0 amide bonds. The lowest BCUT2D eigenvalue weighted by Gasteiger charge is -2.33. The van der Waals surface area contributed by atoms with Gasteiger partial charge in [0.25, 0.3) is 0 Å². The van der Waals surface area contributed by atoms with Crippen LogP contribution in [0, 0.1) is 5.92 Å². The molecule has 3 aliphatic rings. The summed E-state index contributed by atoms with van der Waals surface area (Å²) in [6.45, 7) is 7.20. The molecule has 0 spiro atoms. The Hall–Kier alpha value is -1.30. The molecule has 0 bridgehead atoms. The highest BCUT2D eigenvalue weighted by molar-refractivity contribution is 5.82. The van der Waals surface area contributed by atoms with Crippen LogP contribution >= 0.6 is 0 Å². The molecule has 0 aliphatic heterocycles. The highest BCUT2D eigenvalue weighted by Gasteiger charge is 2.28. The van der Waals surface area contributed by atoms with Crippen molar-refractivity contribution < 1.29 is 0 Å². The zero-order chi connectivity index (χ0) is 16.7. The van der Waals surface area contributed by atoms with Crippen molar-refractivity contribution in [3.8, 4) is 0 Å². The summed E-state index contributed by atoms with van der Waals surface area (Å²) in [4.78, 5) is 0. The Bertz CT molecular complexity index is 693. The van der Waals surface area contributed by atoms with Crippen molar-refractivity contribution in [2.45, 2.75) is 84.0 Å². The van der Waals surface area contributed by atoms with E-state index in [1.165, 1.54) is 68.9 Å². The first kappa shape index (κ1) is 16.2. The molecule has 0 nitrogen and oxygen atoms in total. The molecule has 0 N–H and O–H groups in total. The molecule has 1 aromatic carbocycles. The van der Waals surface area contributed by atoms with Gasteiger partial charge in [0.2, 0.25) is 0 Å². The third kappa shape index (κ3) is 2.79. The summed E-state index contributed by atoms with van der Waals surface area (Å²) in [5.41, 5.74) is 9.89. The number of aryl methyl sites for hydroxylation is 1. The summed E-state index contributed by atoms with van der Waals surface area (Å²) < 4.78 is 0. The number of hydrogen-bond donors (Lipinski definition) is 0. The van der Waals surface area contributed by atoms with Gasteiger partial charge in [0, 0.05) is 0 Å². The maximum Gasteiger partial charge on any atom is -0.0101 e. The monoisotopic (exact) mass is 320 g/mol. The van der Waals surface area contributed by atoms with Crippen molar-refractivity contribution in [2.24, 2.45) is 5.92 Å². The van der Waals surface area contributed by atoms with E-state index in [0.717, 1.165) is 5.92 Å². The Morgan fingerprint density at radius 2 is 1.79 bits per heavy atom. The summed E-state index contributed by atoms with van der Waals surface area (Å²) in [5.74, 6) is 0.865. The second-order valence-electron chi connectivity index (χ2n) is 8.92. The number of fused-ring (bicyclic) bond motifs is 1. The first-order valence-corrected chi connectivity index (χ1v) is 10.1. The van der Waals surface area contributed by atoms with E-state index >= 15 is 0 Å². The fourth-order valence-corrected chi connectivity index (χ4v) is 5.43. The van der Waals surface area contributed by atoms with E-state index in [9.17, 15) is 0 Å². The fraction of sp³-hybridized carbons (Fsp3) is 0.583. The van der Waals surface area contributed by atoms with Gasteiger partial charge < -0.3 is 0 Å². The van der Waals surface area contributed by atoms with E-state index in [2.05, 4.69) is 45.0 Å². The van der Waals surface area contributed by atoms with Crippen LogP contribution in [0.25, 0.3) is 5.57 Å².